The number of hydrogen-bond acceptors (Lipinski definition) is 5. The first-order valence-corrected chi connectivity index (χ1v) is 13.1. The molecule has 8 nitrogen and oxygen atoms in total. The second-order valence-corrected chi connectivity index (χ2v) is 10.8. The monoisotopic (exact) mass is 646 g/mol. The number of carbonyl (C=O) groups is 2. The Labute approximate surface area is 229 Å². The fraction of sp³-hybridized carbons (Fsp3) is 0.417. The number of fused-ring (bicyclic) bond motifs is 3. The number of anilines is 2. The molecule has 2 atom stereocenters. The number of aryl methyl sites for hydroxylation is 1. The number of rotatable bonds is 4. The van der Waals surface area contributed by atoms with Crippen LogP contribution in [0, 0.1) is 5.92 Å². The van der Waals surface area contributed by atoms with Gasteiger partial charge in [-0.3, -0.25) is 12.7 Å². The Morgan fingerprint density at radius 3 is 2.65 bits per heavy atom. The van der Waals surface area contributed by atoms with Gasteiger partial charge >= 0.3 is 6.18 Å². The maximum atomic E-state index is 14.2. The molecule has 0 radical (unpaired) electrons. The molecule has 0 bridgehead atoms. The molecule has 0 N–H and O–H groups in total. The average Bonchev–Trinajstić information content (AvgIpc) is 3.25. The lowest BCUT2D eigenvalue weighted by Gasteiger charge is -2.35. The van der Waals surface area contributed by atoms with E-state index in [-0.39, 0.29) is 30.9 Å². The van der Waals surface area contributed by atoms with Crippen molar-refractivity contribution in [2.45, 2.75) is 37.9 Å². The number of carbonyl (C=O) groups excluding carboxylic acids is 2. The Morgan fingerprint density at radius 2 is 1.97 bits per heavy atom. The highest BCUT2D eigenvalue weighted by atomic mass is 127. The fourth-order valence-electron chi connectivity index (χ4n) is 5.09. The molecule has 37 heavy (non-hydrogen) atoms. The molecule has 2 aliphatic heterocycles. The third kappa shape index (κ3) is 4.97. The summed E-state index contributed by atoms with van der Waals surface area (Å²) < 4.78 is 45.7. The molecule has 0 saturated carbocycles. The van der Waals surface area contributed by atoms with Crippen molar-refractivity contribution in [3.05, 3.63) is 52.9 Å². The average molecular weight is 647 g/mol. The van der Waals surface area contributed by atoms with E-state index in [1.165, 1.54) is 22.3 Å². The van der Waals surface area contributed by atoms with Crippen LogP contribution in [0.3, 0.4) is 0 Å². The van der Waals surface area contributed by atoms with Crippen LogP contribution >= 0.6 is 34.5 Å². The maximum absolute atomic E-state index is 14.2. The Hall–Kier alpha value is -2.61. The molecule has 2 aromatic heterocycles. The summed E-state index contributed by atoms with van der Waals surface area (Å²) in [6.07, 6.45) is -0.972. The molecule has 2 aliphatic rings. The van der Waals surface area contributed by atoms with Crippen LogP contribution in [0.4, 0.5) is 24.5 Å². The zero-order chi connectivity index (χ0) is 26.5. The number of aromatic nitrogens is 3. The topological polar surface area (TPSA) is 74.1 Å². The highest BCUT2D eigenvalue weighted by molar-refractivity contribution is 14.1. The van der Waals surface area contributed by atoms with Gasteiger partial charge in [0, 0.05) is 38.3 Å². The molecule has 1 fully saturated rings. The molecule has 13 heteroatoms. The van der Waals surface area contributed by atoms with Gasteiger partial charge in [-0.25, -0.2) is 9.50 Å². The molecule has 0 aliphatic carbocycles. The quantitative estimate of drug-likeness (QED) is 0.291. The predicted octanol–water partition coefficient (Wildman–Crippen LogP) is 5.12. The van der Waals surface area contributed by atoms with Crippen LogP contribution in [0.25, 0.3) is 5.65 Å². The Morgan fingerprint density at radius 1 is 1.24 bits per heavy atom. The Bertz CT molecular complexity index is 1350. The minimum Gasteiger partial charge on any atom is -0.339 e. The number of halogens is 5. The van der Waals surface area contributed by atoms with Gasteiger partial charge in [-0.15, -0.1) is 0 Å². The van der Waals surface area contributed by atoms with Crippen LogP contribution in [0.2, 0.25) is 5.15 Å². The van der Waals surface area contributed by atoms with E-state index >= 15 is 0 Å². The molecule has 2 amide bonds. The van der Waals surface area contributed by atoms with Crippen molar-refractivity contribution in [1.29, 1.82) is 0 Å². The van der Waals surface area contributed by atoms with Crippen molar-refractivity contribution in [1.82, 2.24) is 22.6 Å². The van der Waals surface area contributed by atoms with Crippen LogP contribution < -0.4 is 4.90 Å². The molecule has 5 rings (SSSR count). The van der Waals surface area contributed by atoms with Gasteiger partial charge in [0.05, 0.1) is 46.4 Å². The second kappa shape index (κ2) is 9.93. The standard InChI is InChI=1S/C24H23ClF3IN6O2/c1-32(23(37)15-6-9-21(36)34(29)13-15)22(24(26,27)28)14-4-7-16(8-5-14)33-10-2-3-17-18(33)12-30-20-11-19(25)31-35(17)20/h4-5,7-8,11-12,15,22H,2-3,6,9-10,13H2,1H3/t15-,22-/m0/s1. The van der Waals surface area contributed by atoms with E-state index in [9.17, 15) is 22.8 Å². The van der Waals surface area contributed by atoms with Crippen molar-refractivity contribution in [3.63, 3.8) is 0 Å². The molecule has 196 valence electrons. The first kappa shape index (κ1) is 26.0. The fourth-order valence-corrected chi connectivity index (χ4v) is 5.98. The van der Waals surface area contributed by atoms with Crippen LogP contribution in [0.1, 0.15) is 36.6 Å². The number of amides is 2. The van der Waals surface area contributed by atoms with Crippen molar-refractivity contribution in [2.75, 3.05) is 25.0 Å². The van der Waals surface area contributed by atoms with Crippen molar-refractivity contribution in [3.8, 4) is 0 Å². The van der Waals surface area contributed by atoms with Crippen molar-refractivity contribution >= 4 is 63.3 Å². The summed E-state index contributed by atoms with van der Waals surface area (Å²) in [5.41, 5.74) is 3.07. The zero-order valence-corrected chi connectivity index (χ0v) is 22.7. The van der Waals surface area contributed by atoms with E-state index in [2.05, 4.69) is 10.1 Å². The van der Waals surface area contributed by atoms with Gasteiger partial charge in [-0.05, 0) is 37.0 Å². The third-order valence-electron chi connectivity index (χ3n) is 6.89. The minimum atomic E-state index is -4.67. The highest BCUT2D eigenvalue weighted by Gasteiger charge is 2.46. The molecule has 1 aromatic carbocycles. The Kier molecular flexibility index (Phi) is 6.98. The van der Waals surface area contributed by atoms with E-state index in [4.69, 9.17) is 11.6 Å². The van der Waals surface area contributed by atoms with Crippen LogP contribution in [-0.2, 0) is 16.0 Å². The molecule has 4 heterocycles. The molecule has 1 saturated heterocycles. The minimum absolute atomic E-state index is 0.0324. The molecule has 0 unspecified atom stereocenters. The largest absolute Gasteiger partial charge is 0.413 e. The second-order valence-electron chi connectivity index (χ2n) is 9.24. The van der Waals surface area contributed by atoms with E-state index in [1.54, 1.807) is 51.8 Å². The van der Waals surface area contributed by atoms with Crippen molar-refractivity contribution < 1.29 is 22.8 Å². The number of benzene rings is 1. The highest BCUT2D eigenvalue weighted by Crippen LogP contribution is 2.40. The Balaban J connectivity index is 1.42. The predicted molar refractivity (Wildman–Crippen MR) is 140 cm³/mol. The SMILES string of the molecule is CN(C(=O)[C@H]1CCC(=O)N(I)C1)[C@@H](c1ccc(N2CCCc3c2cnc2cc(Cl)nn32)cc1)C(F)(F)F. The zero-order valence-electron chi connectivity index (χ0n) is 19.8. The summed E-state index contributed by atoms with van der Waals surface area (Å²) in [5.74, 6) is -1.42. The lowest BCUT2D eigenvalue weighted by molar-refractivity contribution is -0.191. The van der Waals surface area contributed by atoms with E-state index in [0.717, 1.165) is 29.1 Å². The van der Waals surface area contributed by atoms with E-state index in [1.807, 2.05) is 4.90 Å². The normalized spacial score (nSPS) is 19.2. The lowest BCUT2D eigenvalue weighted by atomic mass is 9.95. The summed E-state index contributed by atoms with van der Waals surface area (Å²) in [7, 11) is 1.18. The van der Waals surface area contributed by atoms with Crippen LogP contribution in [0.15, 0.2) is 36.5 Å². The van der Waals surface area contributed by atoms with Gasteiger partial charge in [0.25, 0.3) is 0 Å². The van der Waals surface area contributed by atoms with Gasteiger partial charge in [0.2, 0.25) is 11.8 Å². The number of piperidine rings is 1. The maximum Gasteiger partial charge on any atom is 0.413 e. The lowest BCUT2D eigenvalue weighted by Crippen LogP contribution is -2.46. The first-order valence-electron chi connectivity index (χ1n) is 11.7. The van der Waals surface area contributed by atoms with Crippen molar-refractivity contribution in [2.24, 2.45) is 5.92 Å². The van der Waals surface area contributed by atoms with Gasteiger partial charge in [-0.1, -0.05) is 23.7 Å². The molecular formula is C24H23ClF3IN6O2. The van der Waals surface area contributed by atoms with Gasteiger partial charge in [0.1, 0.15) is 0 Å². The number of nitrogens with zero attached hydrogens (tertiary/aromatic N) is 6. The summed E-state index contributed by atoms with van der Waals surface area (Å²) in [5, 5.41) is 4.65. The van der Waals surface area contributed by atoms with Gasteiger partial charge in [0.15, 0.2) is 16.8 Å². The smallest absolute Gasteiger partial charge is 0.339 e. The summed E-state index contributed by atoms with van der Waals surface area (Å²) >= 11 is 7.85. The number of hydrogen-bond donors (Lipinski definition) is 0. The van der Waals surface area contributed by atoms with Gasteiger partial charge in [-0.2, -0.15) is 18.3 Å². The summed E-state index contributed by atoms with van der Waals surface area (Å²) in [4.78, 5) is 32.0. The number of alkyl halides is 3. The van der Waals surface area contributed by atoms with Gasteiger partial charge < -0.3 is 9.80 Å². The van der Waals surface area contributed by atoms with Crippen LogP contribution in [0.5, 0.6) is 0 Å². The first-order chi connectivity index (χ1) is 17.5. The summed E-state index contributed by atoms with van der Waals surface area (Å²) in [6, 6.07) is 5.67. The molecule has 3 aromatic rings. The third-order valence-corrected chi connectivity index (χ3v) is 8.01. The summed E-state index contributed by atoms with van der Waals surface area (Å²) in [6.45, 7) is 0.770. The van der Waals surface area contributed by atoms with E-state index in [0.29, 0.717) is 23.0 Å². The molecule has 0 spiro atoms. The van der Waals surface area contributed by atoms with E-state index < -0.39 is 24.0 Å². The van der Waals surface area contributed by atoms with Crippen LogP contribution in [-0.4, -0.2) is 60.7 Å². The molecular weight excluding hydrogens is 624 g/mol.